The molecule has 2 aromatic rings. The molecule has 3 rings (SSSR count). The monoisotopic (exact) mass is 269 g/mol. The van der Waals surface area contributed by atoms with Gasteiger partial charge in [0.25, 0.3) is 0 Å². The summed E-state index contributed by atoms with van der Waals surface area (Å²) in [6.45, 7) is 6.13. The number of carbonyl (C=O) groups is 1. The largest absolute Gasteiger partial charge is 0.336 e. The van der Waals surface area contributed by atoms with Gasteiger partial charge in [-0.15, -0.1) is 0 Å². The van der Waals surface area contributed by atoms with Crippen LogP contribution in [0.2, 0.25) is 0 Å². The van der Waals surface area contributed by atoms with Gasteiger partial charge in [-0.3, -0.25) is 9.78 Å². The van der Waals surface area contributed by atoms with E-state index in [4.69, 9.17) is 0 Å². The van der Waals surface area contributed by atoms with Crippen LogP contribution in [0.4, 0.5) is 0 Å². The minimum absolute atomic E-state index is 0.162. The molecule has 2 heterocycles. The zero-order valence-electron chi connectivity index (χ0n) is 11.9. The summed E-state index contributed by atoms with van der Waals surface area (Å²) in [4.78, 5) is 18.6. The number of nitrogens with zero attached hydrogens (tertiary/aromatic N) is 2. The number of hydrogen-bond acceptors (Lipinski definition) is 3. The van der Waals surface area contributed by atoms with Gasteiger partial charge in [0.2, 0.25) is 5.91 Å². The van der Waals surface area contributed by atoms with Crippen LogP contribution in [-0.4, -0.2) is 34.4 Å². The lowest BCUT2D eigenvalue weighted by molar-refractivity contribution is -0.140. The van der Waals surface area contributed by atoms with Crippen molar-refractivity contribution >= 4 is 16.8 Å². The summed E-state index contributed by atoms with van der Waals surface area (Å²) in [6.07, 6.45) is 1.80. The third kappa shape index (κ3) is 2.39. The number of pyridine rings is 1. The lowest BCUT2D eigenvalue weighted by Crippen LogP contribution is -2.60. The SMILES string of the molecule is CC1(C)NCCN(Cc2ccc3ncccc3c2)C1=O. The van der Waals surface area contributed by atoms with Gasteiger partial charge in [0, 0.05) is 31.2 Å². The predicted octanol–water partition coefficient (Wildman–Crippen LogP) is 1.95. The van der Waals surface area contributed by atoms with E-state index >= 15 is 0 Å². The number of rotatable bonds is 2. The summed E-state index contributed by atoms with van der Waals surface area (Å²) in [5.41, 5.74) is 1.68. The maximum Gasteiger partial charge on any atom is 0.242 e. The average Bonchev–Trinajstić information content (AvgIpc) is 2.44. The molecule has 0 radical (unpaired) electrons. The molecule has 1 saturated heterocycles. The van der Waals surface area contributed by atoms with Crippen molar-refractivity contribution in [3.05, 3.63) is 42.1 Å². The summed E-state index contributed by atoms with van der Waals surface area (Å²) in [7, 11) is 0. The van der Waals surface area contributed by atoms with Crippen LogP contribution in [0.15, 0.2) is 36.5 Å². The summed E-state index contributed by atoms with van der Waals surface area (Å²) in [6, 6.07) is 10.2. The number of amides is 1. The van der Waals surface area contributed by atoms with Crippen molar-refractivity contribution < 1.29 is 4.79 Å². The third-order valence-electron chi connectivity index (χ3n) is 3.81. The first kappa shape index (κ1) is 13.1. The van der Waals surface area contributed by atoms with Crippen molar-refractivity contribution in [2.24, 2.45) is 0 Å². The van der Waals surface area contributed by atoms with E-state index < -0.39 is 5.54 Å². The minimum Gasteiger partial charge on any atom is -0.336 e. The molecular formula is C16H19N3O. The Balaban J connectivity index is 1.84. The number of nitrogens with one attached hydrogen (secondary N) is 1. The highest BCUT2D eigenvalue weighted by molar-refractivity contribution is 5.86. The minimum atomic E-state index is -0.462. The Morgan fingerprint density at radius 1 is 1.35 bits per heavy atom. The molecule has 1 fully saturated rings. The zero-order chi connectivity index (χ0) is 14.2. The first-order chi connectivity index (χ1) is 9.56. The van der Waals surface area contributed by atoms with Gasteiger partial charge in [0.05, 0.1) is 11.1 Å². The smallest absolute Gasteiger partial charge is 0.242 e. The van der Waals surface area contributed by atoms with Crippen LogP contribution in [0.25, 0.3) is 10.9 Å². The van der Waals surface area contributed by atoms with Gasteiger partial charge in [-0.25, -0.2) is 0 Å². The van der Waals surface area contributed by atoms with Crippen LogP contribution in [0, 0.1) is 0 Å². The van der Waals surface area contributed by atoms with Crippen molar-refractivity contribution in [1.29, 1.82) is 0 Å². The van der Waals surface area contributed by atoms with Crippen molar-refractivity contribution in [3.63, 3.8) is 0 Å². The van der Waals surface area contributed by atoms with Gasteiger partial charge < -0.3 is 10.2 Å². The van der Waals surface area contributed by atoms with E-state index in [9.17, 15) is 4.79 Å². The fourth-order valence-electron chi connectivity index (χ4n) is 2.67. The first-order valence-corrected chi connectivity index (χ1v) is 6.94. The van der Waals surface area contributed by atoms with E-state index in [-0.39, 0.29) is 5.91 Å². The number of piperazine rings is 1. The molecule has 1 aromatic heterocycles. The molecule has 1 amide bonds. The third-order valence-corrected chi connectivity index (χ3v) is 3.81. The fraction of sp³-hybridized carbons (Fsp3) is 0.375. The van der Waals surface area contributed by atoms with Gasteiger partial charge in [-0.05, 0) is 37.6 Å². The van der Waals surface area contributed by atoms with E-state index in [0.717, 1.165) is 29.6 Å². The Bertz CT molecular complexity index is 651. The lowest BCUT2D eigenvalue weighted by atomic mass is 10.00. The molecule has 0 bridgehead atoms. The van der Waals surface area contributed by atoms with Gasteiger partial charge in [-0.2, -0.15) is 0 Å². The van der Waals surface area contributed by atoms with Crippen molar-refractivity contribution in [1.82, 2.24) is 15.2 Å². The molecule has 4 nitrogen and oxygen atoms in total. The molecule has 20 heavy (non-hydrogen) atoms. The van der Waals surface area contributed by atoms with Crippen LogP contribution < -0.4 is 5.32 Å². The highest BCUT2D eigenvalue weighted by Crippen LogP contribution is 2.18. The molecular weight excluding hydrogens is 250 g/mol. The lowest BCUT2D eigenvalue weighted by Gasteiger charge is -2.38. The number of fused-ring (bicyclic) bond motifs is 1. The molecule has 1 aliphatic rings. The quantitative estimate of drug-likeness (QED) is 0.906. The highest BCUT2D eigenvalue weighted by atomic mass is 16.2. The van der Waals surface area contributed by atoms with E-state index in [1.807, 2.05) is 30.9 Å². The molecule has 1 aromatic carbocycles. The maximum atomic E-state index is 12.4. The van der Waals surface area contributed by atoms with Crippen LogP contribution >= 0.6 is 0 Å². The van der Waals surface area contributed by atoms with Gasteiger partial charge in [0.1, 0.15) is 0 Å². The van der Waals surface area contributed by atoms with Gasteiger partial charge >= 0.3 is 0 Å². The van der Waals surface area contributed by atoms with E-state index in [2.05, 4.69) is 28.5 Å². The summed E-state index contributed by atoms with van der Waals surface area (Å²) >= 11 is 0. The molecule has 1 aliphatic heterocycles. The molecule has 0 unspecified atom stereocenters. The van der Waals surface area contributed by atoms with Gasteiger partial charge in [-0.1, -0.05) is 12.1 Å². The normalized spacial score (nSPS) is 18.5. The Labute approximate surface area is 118 Å². The Morgan fingerprint density at radius 2 is 2.20 bits per heavy atom. The Hall–Kier alpha value is -1.94. The summed E-state index contributed by atoms with van der Waals surface area (Å²) in [5, 5.41) is 4.37. The Kier molecular flexibility index (Phi) is 3.18. The van der Waals surface area contributed by atoms with E-state index in [1.54, 1.807) is 6.20 Å². The van der Waals surface area contributed by atoms with Crippen molar-refractivity contribution in [2.75, 3.05) is 13.1 Å². The van der Waals surface area contributed by atoms with Crippen LogP contribution in [0.1, 0.15) is 19.4 Å². The second-order valence-corrected chi connectivity index (χ2v) is 5.81. The molecule has 4 heteroatoms. The maximum absolute atomic E-state index is 12.4. The number of benzene rings is 1. The topological polar surface area (TPSA) is 45.2 Å². The van der Waals surface area contributed by atoms with Gasteiger partial charge in [0.15, 0.2) is 0 Å². The molecule has 0 aliphatic carbocycles. The summed E-state index contributed by atoms with van der Waals surface area (Å²) < 4.78 is 0. The first-order valence-electron chi connectivity index (χ1n) is 6.94. The van der Waals surface area contributed by atoms with E-state index in [0.29, 0.717) is 6.54 Å². The second kappa shape index (κ2) is 4.87. The Morgan fingerprint density at radius 3 is 3.05 bits per heavy atom. The number of aromatic nitrogens is 1. The van der Waals surface area contributed by atoms with Crippen molar-refractivity contribution in [2.45, 2.75) is 25.9 Å². The zero-order valence-corrected chi connectivity index (χ0v) is 11.9. The van der Waals surface area contributed by atoms with E-state index in [1.165, 1.54) is 0 Å². The number of carbonyl (C=O) groups excluding carboxylic acids is 1. The standard InChI is InChI=1S/C16H19N3O/c1-16(2)15(20)19(9-8-18-16)11-12-5-6-14-13(10-12)4-3-7-17-14/h3-7,10,18H,8-9,11H2,1-2H3. The number of hydrogen-bond donors (Lipinski definition) is 1. The second-order valence-electron chi connectivity index (χ2n) is 5.81. The molecule has 104 valence electrons. The summed E-state index contributed by atoms with van der Waals surface area (Å²) in [5.74, 6) is 0.162. The molecule has 1 N–H and O–H groups in total. The fourth-order valence-corrected chi connectivity index (χ4v) is 2.67. The molecule has 0 atom stereocenters. The highest BCUT2D eigenvalue weighted by Gasteiger charge is 2.34. The molecule has 0 saturated carbocycles. The van der Waals surface area contributed by atoms with Crippen LogP contribution in [-0.2, 0) is 11.3 Å². The molecule has 0 spiro atoms. The van der Waals surface area contributed by atoms with Crippen LogP contribution in [0.5, 0.6) is 0 Å². The van der Waals surface area contributed by atoms with Crippen LogP contribution in [0.3, 0.4) is 0 Å². The predicted molar refractivity (Wildman–Crippen MR) is 79.2 cm³/mol. The van der Waals surface area contributed by atoms with Crippen molar-refractivity contribution in [3.8, 4) is 0 Å². The average molecular weight is 269 g/mol.